The summed E-state index contributed by atoms with van der Waals surface area (Å²) in [6.45, 7) is 7.13. The number of hydrogen-bond acceptors (Lipinski definition) is 4. The molecule has 2 aliphatic rings. The van der Waals surface area contributed by atoms with Crippen molar-refractivity contribution in [2.24, 2.45) is 5.92 Å². The van der Waals surface area contributed by atoms with E-state index in [-0.39, 0.29) is 11.8 Å². The standard InChI is InChI=1S/C27H31FN4O2/c1-18-7-8-21(13-22(18)16-29)26(33)30-25-15-24(28)14-23(19(25)2)17-31-9-11-32(12-10-31)27(34)20-5-3-4-6-20/h7-8,13-15,20H,3-6,9-12,17H2,1-2H3,(H,30,33). The quantitative estimate of drug-likeness (QED) is 0.715. The lowest BCUT2D eigenvalue weighted by Gasteiger charge is -2.36. The van der Waals surface area contributed by atoms with E-state index in [1.54, 1.807) is 18.2 Å². The molecule has 0 unspecified atom stereocenters. The summed E-state index contributed by atoms with van der Waals surface area (Å²) < 4.78 is 14.5. The van der Waals surface area contributed by atoms with E-state index in [2.05, 4.69) is 16.3 Å². The fourth-order valence-electron chi connectivity index (χ4n) is 4.91. The zero-order valence-electron chi connectivity index (χ0n) is 19.9. The van der Waals surface area contributed by atoms with Gasteiger partial charge in [-0.1, -0.05) is 18.9 Å². The molecule has 7 heteroatoms. The fourth-order valence-corrected chi connectivity index (χ4v) is 4.91. The SMILES string of the molecule is Cc1ccc(C(=O)Nc2cc(F)cc(CN3CCN(C(=O)C4CCCC4)CC3)c2C)cc1C#N. The molecule has 2 amide bonds. The molecular weight excluding hydrogens is 431 g/mol. The smallest absolute Gasteiger partial charge is 0.255 e. The van der Waals surface area contributed by atoms with Crippen LogP contribution in [0, 0.1) is 36.9 Å². The Hall–Kier alpha value is -3.24. The van der Waals surface area contributed by atoms with Gasteiger partial charge >= 0.3 is 0 Å². The second-order valence-electron chi connectivity index (χ2n) is 9.42. The van der Waals surface area contributed by atoms with Gasteiger partial charge in [0.15, 0.2) is 0 Å². The molecule has 1 saturated heterocycles. The normalized spacial score (nSPS) is 16.9. The van der Waals surface area contributed by atoms with Crippen molar-refractivity contribution in [1.29, 1.82) is 5.26 Å². The molecule has 2 aromatic rings. The van der Waals surface area contributed by atoms with Gasteiger partial charge in [-0.2, -0.15) is 5.26 Å². The van der Waals surface area contributed by atoms with Crippen LogP contribution in [-0.2, 0) is 11.3 Å². The van der Waals surface area contributed by atoms with E-state index < -0.39 is 5.82 Å². The van der Waals surface area contributed by atoms with E-state index in [9.17, 15) is 19.2 Å². The monoisotopic (exact) mass is 462 g/mol. The Kier molecular flexibility index (Phi) is 7.28. The second kappa shape index (κ2) is 10.4. The summed E-state index contributed by atoms with van der Waals surface area (Å²) in [6.07, 6.45) is 4.32. The maximum atomic E-state index is 14.5. The number of hydrogen-bond donors (Lipinski definition) is 1. The van der Waals surface area contributed by atoms with Gasteiger partial charge in [0.1, 0.15) is 5.82 Å². The minimum atomic E-state index is -0.410. The maximum absolute atomic E-state index is 14.5. The zero-order valence-corrected chi connectivity index (χ0v) is 19.9. The summed E-state index contributed by atoms with van der Waals surface area (Å²) in [7, 11) is 0. The van der Waals surface area contributed by atoms with Crippen molar-refractivity contribution in [3.05, 3.63) is 64.0 Å². The van der Waals surface area contributed by atoms with Crippen LogP contribution < -0.4 is 5.32 Å². The van der Waals surface area contributed by atoms with Crippen molar-refractivity contribution < 1.29 is 14.0 Å². The van der Waals surface area contributed by atoms with Crippen LogP contribution in [0.2, 0.25) is 0 Å². The van der Waals surface area contributed by atoms with Gasteiger partial charge in [0.2, 0.25) is 5.91 Å². The highest BCUT2D eigenvalue weighted by Crippen LogP contribution is 2.28. The molecule has 1 N–H and O–H groups in total. The number of rotatable bonds is 5. The molecule has 0 aromatic heterocycles. The summed E-state index contributed by atoms with van der Waals surface area (Å²) in [5.41, 5.74) is 3.65. The van der Waals surface area contributed by atoms with Crippen LogP contribution in [0.4, 0.5) is 10.1 Å². The van der Waals surface area contributed by atoms with Gasteiger partial charge in [0, 0.05) is 49.9 Å². The summed E-state index contributed by atoms with van der Waals surface area (Å²) in [4.78, 5) is 29.7. The molecule has 1 aliphatic heterocycles. The molecule has 2 aromatic carbocycles. The average Bonchev–Trinajstić information content (AvgIpc) is 3.37. The van der Waals surface area contributed by atoms with Gasteiger partial charge in [-0.05, 0) is 67.6 Å². The number of nitriles is 1. The Morgan fingerprint density at radius 1 is 1.09 bits per heavy atom. The first kappa shape index (κ1) is 23.9. The first-order valence-electron chi connectivity index (χ1n) is 12.0. The number of benzene rings is 2. The summed E-state index contributed by atoms with van der Waals surface area (Å²) in [5.74, 6) is -0.302. The Morgan fingerprint density at radius 3 is 2.47 bits per heavy atom. The fraction of sp³-hybridized carbons (Fsp3) is 0.444. The first-order chi connectivity index (χ1) is 16.4. The molecule has 34 heavy (non-hydrogen) atoms. The predicted molar refractivity (Wildman–Crippen MR) is 129 cm³/mol. The zero-order chi connectivity index (χ0) is 24.2. The van der Waals surface area contributed by atoms with Crippen molar-refractivity contribution in [2.75, 3.05) is 31.5 Å². The highest BCUT2D eigenvalue weighted by molar-refractivity contribution is 6.05. The van der Waals surface area contributed by atoms with E-state index in [1.165, 1.54) is 12.1 Å². The lowest BCUT2D eigenvalue weighted by Crippen LogP contribution is -2.49. The van der Waals surface area contributed by atoms with Gasteiger partial charge in [-0.3, -0.25) is 14.5 Å². The minimum Gasteiger partial charge on any atom is -0.340 e. The van der Waals surface area contributed by atoms with Crippen LogP contribution in [0.25, 0.3) is 0 Å². The van der Waals surface area contributed by atoms with Crippen LogP contribution in [0.1, 0.15) is 58.3 Å². The van der Waals surface area contributed by atoms with Crippen molar-refractivity contribution >= 4 is 17.5 Å². The predicted octanol–water partition coefficient (Wildman–Crippen LogP) is 4.40. The lowest BCUT2D eigenvalue weighted by atomic mass is 10.0. The molecule has 0 spiro atoms. The van der Waals surface area contributed by atoms with Gasteiger partial charge in [0.25, 0.3) is 5.91 Å². The van der Waals surface area contributed by atoms with Crippen molar-refractivity contribution in [3.63, 3.8) is 0 Å². The molecule has 1 saturated carbocycles. The van der Waals surface area contributed by atoms with Crippen LogP contribution >= 0.6 is 0 Å². The molecule has 1 heterocycles. The van der Waals surface area contributed by atoms with Crippen molar-refractivity contribution in [2.45, 2.75) is 46.1 Å². The number of amides is 2. The molecule has 2 fully saturated rings. The number of nitrogens with zero attached hydrogens (tertiary/aromatic N) is 3. The molecule has 1 aliphatic carbocycles. The molecular formula is C27H31FN4O2. The number of anilines is 1. The Bertz CT molecular complexity index is 1130. The average molecular weight is 463 g/mol. The van der Waals surface area contributed by atoms with Crippen molar-refractivity contribution in [1.82, 2.24) is 9.80 Å². The lowest BCUT2D eigenvalue weighted by molar-refractivity contribution is -0.137. The van der Waals surface area contributed by atoms with Gasteiger partial charge in [-0.15, -0.1) is 0 Å². The largest absolute Gasteiger partial charge is 0.340 e. The molecule has 0 radical (unpaired) electrons. The molecule has 4 rings (SSSR count). The first-order valence-corrected chi connectivity index (χ1v) is 12.0. The number of carbonyl (C=O) groups is 2. The summed E-state index contributed by atoms with van der Waals surface area (Å²) >= 11 is 0. The van der Waals surface area contributed by atoms with Crippen LogP contribution in [0.5, 0.6) is 0 Å². The maximum Gasteiger partial charge on any atom is 0.255 e. The van der Waals surface area contributed by atoms with Gasteiger partial charge in [0.05, 0.1) is 11.6 Å². The number of piperazine rings is 1. The van der Waals surface area contributed by atoms with E-state index in [0.717, 1.165) is 55.5 Å². The number of carbonyl (C=O) groups excluding carboxylic acids is 2. The van der Waals surface area contributed by atoms with Crippen LogP contribution in [0.3, 0.4) is 0 Å². The summed E-state index contributed by atoms with van der Waals surface area (Å²) in [6, 6.07) is 9.87. The van der Waals surface area contributed by atoms with E-state index >= 15 is 0 Å². The second-order valence-corrected chi connectivity index (χ2v) is 9.42. The number of aryl methyl sites for hydroxylation is 1. The minimum absolute atomic E-state index is 0.195. The van der Waals surface area contributed by atoms with E-state index in [0.29, 0.717) is 42.4 Å². The summed E-state index contributed by atoms with van der Waals surface area (Å²) in [5, 5.41) is 12.0. The van der Waals surface area contributed by atoms with Crippen LogP contribution in [-0.4, -0.2) is 47.8 Å². The number of nitrogens with one attached hydrogen (secondary N) is 1. The van der Waals surface area contributed by atoms with Crippen LogP contribution in [0.15, 0.2) is 30.3 Å². The Balaban J connectivity index is 1.41. The Labute approximate surface area is 200 Å². The molecule has 0 atom stereocenters. The molecule has 178 valence electrons. The van der Waals surface area contributed by atoms with Gasteiger partial charge < -0.3 is 10.2 Å². The number of halogens is 1. The third kappa shape index (κ3) is 5.28. The third-order valence-electron chi connectivity index (χ3n) is 7.13. The van der Waals surface area contributed by atoms with Gasteiger partial charge in [-0.25, -0.2) is 4.39 Å². The molecule has 6 nitrogen and oxygen atoms in total. The highest BCUT2D eigenvalue weighted by atomic mass is 19.1. The molecule has 0 bridgehead atoms. The van der Waals surface area contributed by atoms with E-state index in [1.807, 2.05) is 18.7 Å². The third-order valence-corrected chi connectivity index (χ3v) is 7.13. The topological polar surface area (TPSA) is 76.4 Å². The highest BCUT2D eigenvalue weighted by Gasteiger charge is 2.29. The van der Waals surface area contributed by atoms with E-state index in [4.69, 9.17) is 0 Å². The Morgan fingerprint density at radius 2 is 1.79 bits per heavy atom. The van der Waals surface area contributed by atoms with Crippen molar-refractivity contribution in [3.8, 4) is 6.07 Å².